The van der Waals surface area contributed by atoms with E-state index in [1.165, 1.54) is 6.92 Å². The Hall–Kier alpha value is -2.39. The van der Waals surface area contributed by atoms with Crippen molar-refractivity contribution in [2.75, 3.05) is 29.4 Å². The minimum atomic E-state index is -3.83. The van der Waals surface area contributed by atoms with Gasteiger partial charge in [-0.2, -0.15) is 0 Å². The monoisotopic (exact) mass is 420 g/mol. The van der Waals surface area contributed by atoms with Crippen LogP contribution in [0.25, 0.3) is 0 Å². The molecule has 0 saturated carbocycles. The fourth-order valence-electron chi connectivity index (χ4n) is 3.20. The lowest BCUT2D eigenvalue weighted by Crippen LogP contribution is -2.37. The van der Waals surface area contributed by atoms with Crippen LogP contribution in [0.15, 0.2) is 46.2 Å². The van der Waals surface area contributed by atoms with Gasteiger partial charge < -0.3 is 14.4 Å². The minimum absolute atomic E-state index is 0.0996. The molecule has 2 aliphatic rings. The summed E-state index contributed by atoms with van der Waals surface area (Å²) in [5.41, 5.74) is 1.01. The Bertz CT molecular complexity index is 1040. The van der Waals surface area contributed by atoms with E-state index in [0.29, 0.717) is 42.6 Å². The van der Waals surface area contributed by atoms with Crippen LogP contribution in [0.4, 0.5) is 11.4 Å². The molecule has 0 unspecified atom stereocenters. The van der Waals surface area contributed by atoms with Crippen molar-refractivity contribution in [3.8, 4) is 11.5 Å². The SMILES string of the molecule is CC(=O)N1C[C@H](C)Sc2ccc(S(=O)(=O)Nc3ccc4c(c3)OCCO4)cc21. The third kappa shape index (κ3) is 3.64. The van der Waals surface area contributed by atoms with Crippen LogP contribution in [0.2, 0.25) is 0 Å². The van der Waals surface area contributed by atoms with E-state index in [4.69, 9.17) is 9.47 Å². The fourth-order valence-corrected chi connectivity index (χ4v) is 5.37. The normalized spacial score (nSPS) is 18.4. The summed E-state index contributed by atoms with van der Waals surface area (Å²) < 4.78 is 39.3. The van der Waals surface area contributed by atoms with Gasteiger partial charge in [-0.05, 0) is 30.3 Å². The molecule has 0 bridgehead atoms. The summed E-state index contributed by atoms with van der Waals surface area (Å²) in [5, 5.41) is 0.245. The van der Waals surface area contributed by atoms with Crippen LogP contribution < -0.4 is 19.1 Å². The molecule has 28 heavy (non-hydrogen) atoms. The molecule has 2 aromatic rings. The standard InChI is InChI=1S/C19H20N2O5S2/c1-12-11-21(13(2)22)16-10-15(4-6-19(16)27-12)28(23,24)20-14-3-5-17-18(9-14)26-8-7-25-17/h3-6,9-10,12,20H,7-8,11H2,1-2H3/t12-/m0/s1. The molecule has 0 radical (unpaired) electrons. The van der Waals surface area contributed by atoms with Gasteiger partial charge in [0.05, 0.1) is 16.3 Å². The first kappa shape index (κ1) is 18.9. The number of hydrogen-bond donors (Lipinski definition) is 1. The molecule has 9 heteroatoms. The molecule has 2 aliphatic heterocycles. The maximum absolute atomic E-state index is 12.9. The number of sulfonamides is 1. The average Bonchev–Trinajstić information content (AvgIpc) is 2.66. The van der Waals surface area contributed by atoms with Gasteiger partial charge in [-0.15, -0.1) is 11.8 Å². The number of nitrogens with one attached hydrogen (secondary N) is 1. The van der Waals surface area contributed by atoms with Crippen LogP contribution in [0.3, 0.4) is 0 Å². The number of rotatable bonds is 3. The summed E-state index contributed by atoms with van der Waals surface area (Å²) in [6.45, 7) is 4.96. The highest BCUT2D eigenvalue weighted by molar-refractivity contribution is 8.00. The Morgan fingerprint density at radius 1 is 1.14 bits per heavy atom. The Balaban J connectivity index is 1.65. The third-order valence-corrected chi connectivity index (χ3v) is 7.00. The van der Waals surface area contributed by atoms with Crippen molar-refractivity contribution < 1.29 is 22.7 Å². The highest BCUT2D eigenvalue weighted by atomic mass is 32.2. The second kappa shape index (κ2) is 7.21. The van der Waals surface area contributed by atoms with Crippen molar-refractivity contribution >= 4 is 39.1 Å². The molecule has 7 nitrogen and oxygen atoms in total. The molecule has 2 heterocycles. The van der Waals surface area contributed by atoms with Crippen molar-refractivity contribution in [2.24, 2.45) is 0 Å². The van der Waals surface area contributed by atoms with Crippen LogP contribution in [0.5, 0.6) is 11.5 Å². The fraction of sp³-hybridized carbons (Fsp3) is 0.316. The smallest absolute Gasteiger partial charge is 0.261 e. The quantitative estimate of drug-likeness (QED) is 0.821. The Morgan fingerprint density at radius 2 is 1.89 bits per heavy atom. The molecule has 1 amide bonds. The van der Waals surface area contributed by atoms with Gasteiger partial charge in [0.1, 0.15) is 13.2 Å². The molecule has 2 aromatic carbocycles. The van der Waals surface area contributed by atoms with Gasteiger partial charge in [-0.25, -0.2) is 8.42 Å². The van der Waals surface area contributed by atoms with Crippen molar-refractivity contribution in [3.63, 3.8) is 0 Å². The van der Waals surface area contributed by atoms with Gasteiger partial charge in [0, 0.05) is 29.7 Å². The van der Waals surface area contributed by atoms with E-state index in [9.17, 15) is 13.2 Å². The van der Waals surface area contributed by atoms with E-state index in [1.54, 1.807) is 53.1 Å². The molecule has 0 saturated heterocycles. The van der Waals surface area contributed by atoms with E-state index in [2.05, 4.69) is 4.72 Å². The number of benzene rings is 2. The average molecular weight is 421 g/mol. The van der Waals surface area contributed by atoms with E-state index >= 15 is 0 Å². The van der Waals surface area contributed by atoms with Gasteiger partial charge in [0.2, 0.25) is 5.91 Å². The second-order valence-corrected chi connectivity index (χ2v) is 9.81. The molecule has 4 rings (SSSR count). The van der Waals surface area contributed by atoms with Gasteiger partial charge in [0.15, 0.2) is 11.5 Å². The van der Waals surface area contributed by atoms with Crippen LogP contribution >= 0.6 is 11.8 Å². The largest absolute Gasteiger partial charge is 0.486 e. The summed E-state index contributed by atoms with van der Waals surface area (Å²) in [5.74, 6) is 0.985. The number of ether oxygens (including phenoxy) is 2. The summed E-state index contributed by atoms with van der Waals surface area (Å²) in [6, 6.07) is 9.77. The number of fused-ring (bicyclic) bond motifs is 2. The van der Waals surface area contributed by atoms with E-state index in [-0.39, 0.29) is 16.1 Å². The Morgan fingerprint density at radius 3 is 2.64 bits per heavy atom. The number of amides is 1. The van der Waals surface area contributed by atoms with E-state index in [1.807, 2.05) is 6.92 Å². The van der Waals surface area contributed by atoms with Crippen molar-refractivity contribution in [2.45, 2.75) is 28.9 Å². The zero-order chi connectivity index (χ0) is 19.9. The first-order chi connectivity index (χ1) is 13.3. The van der Waals surface area contributed by atoms with Crippen molar-refractivity contribution in [1.29, 1.82) is 0 Å². The van der Waals surface area contributed by atoms with Gasteiger partial charge in [-0.1, -0.05) is 6.92 Å². The lowest BCUT2D eigenvalue weighted by molar-refractivity contribution is -0.116. The predicted molar refractivity (Wildman–Crippen MR) is 108 cm³/mol. The molecular formula is C19H20N2O5S2. The van der Waals surface area contributed by atoms with Crippen LogP contribution in [0.1, 0.15) is 13.8 Å². The third-order valence-electron chi connectivity index (χ3n) is 4.47. The molecule has 148 valence electrons. The zero-order valence-corrected chi connectivity index (χ0v) is 17.1. The highest BCUT2D eigenvalue weighted by Gasteiger charge is 2.27. The number of carbonyl (C=O) groups excluding carboxylic acids is 1. The Labute approximate surface area is 168 Å². The van der Waals surface area contributed by atoms with Crippen molar-refractivity contribution in [1.82, 2.24) is 0 Å². The number of thioether (sulfide) groups is 1. The molecule has 0 aliphatic carbocycles. The Kier molecular flexibility index (Phi) is 4.88. The topological polar surface area (TPSA) is 84.9 Å². The van der Waals surface area contributed by atoms with Crippen LogP contribution in [0, 0.1) is 0 Å². The summed E-state index contributed by atoms with van der Waals surface area (Å²) in [6.07, 6.45) is 0. The minimum Gasteiger partial charge on any atom is -0.486 e. The zero-order valence-electron chi connectivity index (χ0n) is 15.5. The molecular weight excluding hydrogens is 400 g/mol. The molecule has 0 fully saturated rings. The lowest BCUT2D eigenvalue weighted by Gasteiger charge is -2.32. The van der Waals surface area contributed by atoms with Crippen molar-refractivity contribution in [3.05, 3.63) is 36.4 Å². The summed E-state index contributed by atoms with van der Waals surface area (Å²) in [7, 11) is -3.83. The van der Waals surface area contributed by atoms with Gasteiger partial charge in [-0.3, -0.25) is 9.52 Å². The molecule has 0 aromatic heterocycles. The first-order valence-corrected chi connectivity index (χ1v) is 11.2. The highest BCUT2D eigenvalue weighted by Crippen LogP contribution is 2.40. The molecule has 1 N–H and O–H groups in total. The molecule has 0 spiro atoms. The summed E-state index contributed by atoms with van der Waals surface area (Å²) >= 11 is 1.63. The number of carbonyl (C=O) groups is 1. The maximum Gasteiger partial charge on any atom is 0.261 e. The predicted octanol–water partition coefficient (Wildman–Crippen LogP) is 3.11. The van der Waals surface area contributed by atoms with E-state index in [0.717, 1.165) is 4.90 Å². The van der Waals surface area contributed by atoms with Crippen LogP contribution in [-0.2, 0) is 14.8 Å². The van der Waals surface area contributed by atoms with Crippen LogP contribution in [-0.4, -0.2) is 39.3 Å². The lowest BCUT2D eigenvalue weighted by atomic mass is 10.2. The summed E-state index contributed by atoms with van der Waals surface area (Å²) in [4.78, 5) is 14.6. The second-order valence-electron chi connectivity index (χ2n) is 6.65. The maximum atomic E-state index is 12.9. The number of nitrogens with zero attached hydrogens (tertiary/aromatic N) is 1. The van der Waals surface area contributed by atoms with Gasteiger partial charge >= 0.3 is 0 Å². The van der Waals surface area contributed by atoms with E-state index < -0.39 is 10.0 Å². The first-order valence-electron chi connectivity index (χ1n) is 8.85. The number of anilines is 2. The molecule has 1 atom stereocenters. The number of hydrogen-bond acceptors (Lipinski definition) is 6. The van der Waals surface area contributed by atoms with Gasteiger partial charge in [0.25, 0.3) is 10.0 Å².